The van der Waals surface area contributed by atoms with Crippen molar-refractivity contribution in [2.45, 2.75) is 51.0 Å². The maximum absolute atomic E-state index is 11.9. The summed E-state index contributed by atoms with van der Waals surface area (Å²) >= 11 is 0. The molecule has 3 aliphatic carbocycles. The number of nitrogens with one attached hydrogen (secondary N) is 2. The fraction of sp³-hybridized carbons (Fsp3) is 0.867. The average molecular weight is 280 g/mol. The second-order valence-corrected chi connectivity index (χ2v) is 6.83. The summed E-state index contributed by atoms with van der Waals surface area (Å²) in [6, 6.07) is -0.390. The van der Waals surface area contributed by atoms with Gasteiger partial charge in [0, 0.05) is 12.6 Å². The first-order valence-corrected chi connectivity index (χ1v) is 7.88. The fourth-order valence-electron chi connectivity index (χ4n) is 4.09. The van der Waals surface area contributed by atoms with Crippen molar-refractivity contribution >= 4 is 12.0 Å². The number of aliphatic carboxylic acids is 1. The molecule has 2 amide bonds. The lowest BCUT2D eigenvalue weighted by atomic mass is 9.89. The molecule has 0 aromatic carbocycles. The van der Waals surface area contributed by atoms with Crippen LogP contribution in [0.15, 0.2) is 0 Å². The summed E-state index contributed by atoms with van der Waals surface area (Å²) < 4.78 is 0. The molecule has 4 atom stereocenters. The van der Waals surface area contributed by atoms with Crippen molar-refractivity contribution in [2.75, 3.05) is 6.54 Å². The molecule has 4 unspecified atom stereocenters. The quantitative estimate of drug-likeness (QED) is 0.696. The Bertz CT molecular complexity index is 395. The van der Waals surface area contributed by atoms with Crippen LogP contribution in [0.4, 0.5) is 4.79 Å². The Balaban J connectivity index is 1.41. The molecule has 5 heteroatoms. The van der Waals surface area contributed by atoms with Gasteiger partial charge in [0.25, 0.3) is 0 Å². The van der Waals surface area contributed by atoms with Crippen LogP contribution in [0.1, 0.15) is 44.9 Å². The van der Waals surface area contributed by atoms with Gasteiger partial charge in [-0.1, -0.05) is 6.42 Å². The third-order valence-electron chi connectivity index (χ3n) is 5.31. The molecule has 3 rings (SSSR count). The van der Waals surface area contributed by atoms with E-state index in [-0.39, 0.29) is 18.5 Å². The van der Waals surface area contributed by atoms with Crippen LogP contribution in [-0.2, 0) is 4.79 Å². The van der Waals surface area contributed by atoms with Gasteiger partial charge < -0.3 is 15.7 Å². The third-order valence-corrected chi connectivity index (χ3v) is 5.31. The first kappa shape index (κ1) is 13.7. The lowest BCUT2D eigenvalue weighted by Gasteiger charge is -2.23. The van der Waals surface area contributed by atoms with Crippen LogP contribution in [0.5, 0.6) is 0 Å². The molecule has 0 heterocycles. The highest BCUT2D eigenvalue weighted by atomic mass is 16.4. The van der Waals surface area contributed by atoms with Gasteiger partial charge in [-0.15, -0.1) is 0 Å². The first-order valence-electron chi connectivity index (χ1n) is 7.88. The van der Waals surface area contributed by atoms with Gasteiger partial charge in [-0.05, 0) is 55.8 Å². The zero-order valence-electron chi connectivity index (χ0n) is 11.8. The summed E-state index contributed by atoms with van der Waals surface area (Å²) in [7, 11) is 0. The number of carboxylic acids is 1. The smallest absolute Gasteiger partial charge is 0.315 e. The van der Waals surface area contributed by atoms with Crippen LogP contribution in [0.2, 0.25) is 0 Å². The highest BCUT2D eigenvalue weighted by Crippen LogP contribution is 2.47. The van der Waals surface area contributed by atoms with E-state index in [1.54, 1.807) is 0 Å². The molecular weight excluding hydrogens is 256 g/mol. The van der Waals surface area contributed by atoms with Crippen LogP contribution < -0.4 is 10.6 Å². The Morgan fingerprint density at radius 3 is 2.50 bits per heavy atom. The number of hydrogen-bond acceptors (Lipinski definition) is 2. The van der Waals surface area contributed by atoms with Crippen LogP contribution >= 0.6 is 0 Å². The Morgan fingerprint density at radius 2 is 1.95 bits per heavy atom. The van der Waals surface area contributed by atoms with Crippen molar-refractivity contribution in [3.63, 3.8) is 0 Å². The highest BCUT2D eigenvalue weighted by molar-refractivity contribution is 5.75. The van der Waals surface area contributed by atoms with E-state index in [4.69, 9.17) is 5.11 Å². The molecule has 0 aromatic heterocycles. The molecule has 0 aromatic rings. The maximum atomic E-state index is 11.9. The minimum absolute atomic E-state index is 0.0339. The average Bonchev–Trinajstić information content (AvgIpc) is 3.04. The molecule has 0 saturated heterocycles. The number of carbonyl (C=O) groups is 2. The zero-order chi connectivity index (χ0) is 14.1. The number of rotatable bonds is 6. The Labute approximate surface area is 119 Å². The molecule has 112 valence electrons. The van der Waals surface area contributed by atoms with Gasteiger partial charge in [-0.2, -0.15) is 0 Å². The minimum Gasteiger partial charge on any atom is -0.481 e. The summed E-state index contributed by atoms with van der Waals surface area (Å²) in [5.74, 6) is 1.85. The van der Waals surface area contributed by atoms with Crippen molar-refractivity contribution < 1.29 is 14.7 Å². The lowest BCUT2D eigenvalue weighted by molar-refractivity contribution is -0.137. The second kappa shape index (κ2) is 5.62. The SMILES string of the molecule is O=C(O)CC(NC(=O)NCC1CC2CCC1C2)C1CC1. The van der Waals surface area contributed by atoms with E-state index in [9.17, 15) is 9.59 Å². The molecule has 5 nitrogen and oxygen atoms in total. The Kier molecular flexibility index (Phi) is 3.85. The van der Waals surface area contributed by atoms with Crippen LogP contribution in [0, 0.1) is 23.7 Å². The summed E-state index contributed by atoms with van der Waals surface area (Å²) in [6.45, 7) is 0.747. The molecule has 0 radical (unpaired) electrons. The molecule has 20 heavy (non-hydrogen) atoms. The van der Waals surface area contributed by atoms with Crippen molar-refractivity contribution in [1.29, 1.82) is 0 Å². The van der Waals surface area contributed by atoms with Crippen molar-refractivity contribution in [3.05, 3.63) is 0 Å². The Morgan fingerprint density at radius 1 is 1.15 bits per heavy atom. The molecular formula is C15H24N2O3. The molecule has 0 aliphatic heterocycles. The van der Waals surface area contributed by atoms with Crippen molar-refractivity contribution in [1.82, 2.24) is 10.6 Å². The van der Waals surface area contributed by atoms with E-state index in [1.807, 2.05) is 0 Å². The van der Waals surface area contributed by atoms with Gasteiger partial charge in [0.1, 0.15) is 0 Å². The zero-order valence-corrected chi connectivity index (χ0v) is 11.8. The summed E-state index contributed by atoms with van der Waals surface area (Å²) in [5, 5.41) is 14.7. The fourth-order valence-corrected chi connectivity index (χ4v) is 4.09. The van der Waals surface area contributed by atoms with Gasteiger partial charge in [-0.3, -0.25) is 4.79 Å². The first-order chi connectivity index (χ1) is 9.61. The van der Waals surface area contributed by atoms with Crippen molar-refractivity contribution in [3.8, 4) is 0 Å². The number of carboxylic acid groups (broad SMARTS) is 1. The van der Waals surface area contributed by atoms with Gasteiger partial charge in [0.2, 0.25) is 0 Å². The van der Waals surface area contributed by atoms with E-state index in [2.05, 4.69) is 10.6 Å². The molecule has 3 saturated carbocycles. The largest absolute Gasteiger partial charge is 0.481 e. The number of fused-ring (bicyclic) bond motifs is 2. The number of hydrogen-bond donors (Lipinski definition) is 3. The van der Waals surface area contributed by atoms with Crippen LogP contribution in [0.25, 0.3) is 0 Å². The number of urea groups is 1. The second-order valence-electron chi connectivity index (χ2n) is 6.83. The topological polar surface area (TPSA) is 78.4 Å². The van der Waals surface area contributed by atoms with Gasteiger partial charge >= 0.3 is 12.0 Å². The lowest BCUT2D eigenvalue weighted by Crippen LogP contribution is -2.45. The van der Waals surface area contributed by atoms with Crippen LogP contribution in [-0.4, -0.2) is 29.7 Å². The number of amides is 2. The van der Waals surface area contributed by atoms with Gasteiger partial charge in [-0.25, -0.2) is 4.79 Å². The molecule has 3 aliphatic rings. The summed E-state index contributed by atoms with van der Waals surface area (Å²) in [5.41, 5.74) is 0. The molecule has 3 fully saturated rings. The highest BCUT2D eigenvalue weighted by Gasteiger charge is 2.39. The van der Waals surface area contributed by atoms with E-state index in [0.717, 1.165) is 31.2 Å². The van der Waals surface area contributed by atoms with Gasteiger partial charge in [0.05, 0.1) is 6.42 Å². The minimum atomic E-state index is -0.838. The molecule has 2 bridgehead atoms. The monoisotopic (exact) mass is 280 g/mol. The normalized spacial score (nSPS) is 32.9. The third kappa shape index (κ3) is 3.25. The summed E-state index contributed by atoms with van der Waals surface area (Å²) in [6.07, 6.45) is 7.39. The van der Waals surface area contributed by atoms with E-state index >= 15 is 0 Å². The molecule has 0 spiro atoms. The maximum Gasteiger partial charge on any atom is 0.315 e. The molecule has 3 N–H and O–H groups in total. The van der Waals surface area contributed by atoms with Gasteiger partial charge in [0.15, 0.2) is 0 Å². The Hall–Kier alpha value is -1.26. The predicted molar refractivity (Wildman–Crippen MR) is 74.2 cm³/mol. The van der Waals surface area contributed by atoms with E-state index in [0.29, 0.717) is 11.8 Å². The van der Waals surface area contributed by atoms with E-state index < -0.39 is 5.97 Å². The summed E-state index contributed by atoms with van der Waals surface area (Å²) in [4.78, 5) is 22.7. The standard InChI is InChI=1S/C15H24N2O3/c18-14(19)7-13(10-3-4-10)17-15(20)16-8-12-6-9-1-2-11(12)5-9/h9-13H,1-8H2,(H,18,19)(H2,16,17,20). The van der Waals surface area contributed by atoms with Crippen molar-refractivity contribution in [2.24, 2.45) is 23.7 Å². The number of carbonyl (C=O) groups excluding carboxylic acids is 1. The van der Waals surface area contributed by atoms with Crippen LogP contribution in [0.3, 0.4) is 0 Å². The predicted octanol–water partition coefficient (Wildman–Crippen LogP) is 1.98. The van der Waals surface area contributed by atoms with E-state index in [1.165, 1.54) is 25.7 Å².